The number of nitrogens with one attached hydrogen (secondary N) is 2. The van der Waals surface area contributed by atoms with E-state index in [9.17, 15) is 5.11 Å². The molecule has 0 aliphatic carbocycles. The first kappa shape index (κ1) is 53.7. The van der Waals surface area contributed by atoms with Gasteiger partial charge >= 0.3 is 12.0 Å². The van der Waals surface area contributed by atoms with Crippen molar-refractivity contribution in [3.8, 4) is 40.3 Å². The highest BCUT2D eigenvalue weighted by Crippen LogP contribution is 2.51. The molecule has 0 spiro atoms. The lowest BCUT2D eigenvalue weighted by molar-refractivity contribution is 0.0161. The molecule has 8 aromatic rings. The van der Waals surface area contributed by atoms with E-state index >= 15 is 17.6 Å². The predicted molar refractivity (Wildman–Crippen MR) is 317 cm³/mol. The minimum absolute atomic E-state index is 0.0213. The van der Waals surface area contributed by atoms with Crippen molar-refractivity contribution in [2.75, 3.05) is 75.4 Å². The number of likely N-dealkylation sites (tertiary alicyclic amines) is 1. The van der Waals surface area contributed by atoms with E-state index in [2.05, 4.69) is 30.2 Å². The monoisotopic (exact) mass is 1140 g/mol. The molecule has 0 radical (unpaired) electrons. The van der Waals surface area contributed by atoms with Gasteiger partial charge in [0.15, 0.2) is 23.3 Å². The quantitative estimate of drug-likeness (QED) is 0.0659. The van der Waals surface area contributed by atoms with Crippen LogP contribution in [0, 0.1) is 23.3 Å². The fourth-order valence-corrected chi connectivity index (χ4v) is 15.5. The Bertz CT molecular complexity index is 3830. The van der Waals surface area contributed by atoms with E-state index in [0.29, 0.717) is 91.1 Å². The summed E-state index contributed by atoms with van der Waals surface area (Å²) in [5.41, 5.74) is 0.869. The number of aromatic hydroxyl groups is 1. The Kier molecular flexibility index (Phi) is 14.1. The number of unbranched alkanes of at least 4 members (excludes halogenated alkanes) is 2. The number of fused-ring (bicyclic) bond motifs is 9. The Hall–Kier alpha value is -7.06. The zero-order valence-electron chi connectivity index (χ0n) is 47.2. The van der Waals surface area contributed by atoms with Crippen molar-refractivity contribution >= 4 is 55.0 Å². The van der Waals surface area contributed by atoms with Gasteiger partial charge in [-0.05, 0) is 150 Å². The fourth-order valence-electron chi connectivity index (χ4n) is 15.5. The molecule has 6 unspecified atom stereocenters. The van der Waals surface area contributed by atoms with Crippen molar-refractivity contribution < 1.29 is 32.1 Å². The van der Waals surface area contributed by atoms with E-state index in [-0.39, 0.29) is 88.0 Å². The number of anilines is 2. The van der Waals surface area contributed by atoms with Crippen molar-refractivity contribution in [2.45, 2.75) is 132 Å². The predicted octanol–water partition coefficient (Wildman–Crippen LogP) is 11.3. The minimum atomic E-state index is -1.08. The number of rotatable bonds is 15. The molecule has 0 saturated carbocycles. The second-order valence-corrected chi connectivity index (χ2v) is 24.8. The lowest BCUT2D eigenvalue weighted by Crippen LogP contribution is -2.52. The highest BCUT2D eigenvalue weighted by Gasteiger charge is 2.49. The Balaban J connectivity index is 0.746. The third kappa shape index (κ3) is 9.75. The Morgan fingerprint density at radius 3 is 1.90 bits per heavy atom. The lowest BCUT2D eigenvalue weighted by atomic mass is 9.87. The van der Waals surface area contributed by atoms with Gasteiger partial charge < -0.3 is 39.9 Å². The largest absolute Gasteiger partial charge is 0.508 e. The van der Waals surface area contributed by atoms with E-state index in [0.717, 1.165) is 94.6 Å². The van der Waals surface area contributed by atoms with Gasteiger partial charge in [-0.15, -0.1) is 0 Å². The summed E-state index contributed by atoms with van der Waals surface area (Å²) in [6.07, 6.45) is 18.0. The molecule has 7 saturated heterocycles. The van der Waals surface area contributed by atoms with Crippen LogP contribution in [0.15, 0.2) is 73.1 Å². The number of hydrogen-bond acceptors (Lipinski definition) is 15. The summed E-state index contributed by atoms with van der Waals surface area (Å²) < 4.78 is 81.5. The molecule has 84 heavy (non-hydrogen) atoms. The average molecular weight is 1140 g/mol. The van der Waals surface area contributed by atoms with Crippen LogP contribution in [0.25, 0.3) is 65.9 Å². The van der Waals surface area contributed by atoms with Crippen LogP contribution >= 0.6 is 0 Å². The Morgan fingerprint density at radius 2 is 1.21 bits per heavy atom. The van der Waals surface area contributed by atoms with E-state index in [1.165, 1.54) is 25.3 Å². The summed E-state index contributed by atoms with van der Waals surface area (Å²) >= 11 is 0. The molecule has 4 bridgehead atoms. The molecule has 15 nitrogen and oxygen atoms in total. The molecule has 6 atom stereocenters. The second-order valence-electron chi connectivity index (χ2n) is 24.8. The van der Waals surface area contributed by atoms with Crippen molar-refractivity contribution in [3.05, 3.63) is 102 Å². The van der Waals surface area contributed by atoms with E-state index in [4.69, 9.17) is 39.4 Å². The molecule has 19 heteroatoms. The first-order valence-electron chi connectivity index (χ1n) is 30.7. The number of aromatic nitrogens is 6. The SMILES string of the molecule is Oc1ccc2c(-c3ncc4c(N5CC6CCC(C5)N6)nc(OCC56CCCCN5C(c5cc(F)c(F)c7c(-c8ncc9c(N%10CC%11CCC(C%10)N%11)nc(OCCCCCN%10CCCCC%10)nc9c8F)cccc57)CC6)nc4c3F)cccc2c1. The molecular formula is C65H70F4N12O3. The summed E-state index contributed by atoms with van der Waals surface area (Å²) in [6, 6.07) is 17.9. The number of phenols is 1. The third-order valence-corrected chi connectivity index (χ3v) is 19.6. The molecule has 436 valence electrons. The molecule has 15 rings (SSSR count). The van der Waals surface area contributed by atoms with Crippen molar-refractivity contribution in [1.82, 2.24) is 50.3 Å². The van der Waals surface area contributed by atoms with Crippen LogP contribution in [-0.4, -0.2) is 140 Å². The summed E-state index contributed by atoms with van der Waals surface area (Å²) in [6.45, 7) is 7.40. The maximum Gasteiger partial charge on any atom is 0.319 e. The number of piperidine rings is 2. The van der Waals surface area contributed by atoms with Gasteiger partial charge in [0.2, 0.25) is 0 Å². The van der Waals surface area contributed by atoms with Crippen molar-refractivity contribution in [3.63, 3.8) is 0 Å². The number of halogens is 4. The third-order valence-electron chi connectivity index (χ3n) is 19.6. The number of pyridine rings is 2. The van der Waals surface area contributed by atoms with Gasteiger partial charge in [0.05, 0.1) is 22.9 Å². The normalized spacial score (nSPS) is 24.5. The molecule has 7 fully saturated rings. The van der Waals surface area contributed by atoms with Crippen LogP contribution in [0.5, 0.6) is 17.8 Å². The Morgan fingerprint density at radius 1 is 0.583 bits per heavy atom. The first-order valence-corrected chi connectivity index (χ1v) is 30.7. The van der Waals surface area contributed by atoms with Crippen LogP contribution in [0.1, 0.15) is 108 Å². The highest BCUT2D eigenvalue weighted by atomic mass is 19.2. The number of benzene rings is 4. The summed E-state index contributed by atoms with van der Waals surface area (Å²) in [5.74, 6) is -2.22. The van der Waals surface area contributed by atoms with Gasteiger partial charge in [0, 0.05) is 85.3 Å². The number of ether oxygens (including phenoxy) is 2. The number of hydrogen-bond donors (Lipinski definition) is 3. The molecule has 11 heterocycles. The molecular weight excluding hydrogens is 1070 g/mol. The Labute approximate surface area is 485 Å². The number of nitrogens with zero attached hydrogens (tertiary/aromatic N) is 10. The second kappa shape index (κ2) is 22.1. The van der Waals surface area contributed by atoms with Crippen LogP contribution in [0.2, 0.25) is 0 Å². The van der Waals surface area contributed by atoms with Gasteiger partial charge in [-0.25, -0.2) is 17.6 Å². The van der Waals surface area contributed by atoms with E-state index in [1.807, 2.05) is 18.2 Å². The van der Waals surface area contributed by atoms with Crippen molar-refractivity contribution in [1.29, 1.82) is 0 Å². The van der Waals surface area contributed by atoms with Crippen LogP contribution < -0.4 is 29.9 Å². The standard InChI is InChI=1S/C65H70F4N12O3/c66-51-30-48(45-12-10-14-47(53(45)54(51)67)58-56(69)60-50(32-71-58)61(79-33-39-15-16-40(34-79)72-39)76-63(74-60)83-28-8-2-6-26-78-24-4-1-5-25-78)52-21-23-65(22-3-7-27-81(52)65)37-84-64-75-59-49(62(77-64)80-35-41-17-18-42(36-80)73-41)31-70-57(55(59)68)46-13-9-11-38-29-43(82)19-20-44(38)46/h9-14,19-20,29-32,39-42,52,72-73,82H,1-8,15-18,21-28,33-37H2. The molecule has 7 aliphatic rings. The zero-order valence-corrected chi connectivity index (χ0v) is 47.2. The molecule has 4 aromatic carbocycles. The lowest BCUT2D eigenvalue weighted by Gasteiger charge is -2.44. The smallest absolute Gasteiger partial charge is 0.319 e. The maximum atomic E-state index is 17.7. The average Bonchev–Trinajstić information content (AvgIpc) is 2.13. The summed E-state index contributed by atoms with van der Waals surface area (Å²) in [5, 5.41) is 20.5. The van der Waals surface area contributed by atoms with Crippen LogP contribution in [0.4, 0.5) is 29.2 Å². The maximum absolute atomic E-state index is 17.7. The molecule has 4 aromatic heterocycles. The van der Waals surface area contributed by atoms with Crippen LogP contribution in [-0.2, 0) is 0 Å². The summed E-state index contributed by atoms with van der Waals surface area (Å²) in [4.78, 5) is 38.3. The highest BCUT2D eigenvalue weighted by molar-refractivity contribution is 6.02. The van der Waals surface area contributed by atoms with Gasteiger partial charge in [-0.3, -0.25) is 14.9 Å². The topological polar surface area (TPSA) is 153 Å². The van der Waals surface area contributed by atoms with Crippen molar-refractivity contribution in [2.24, 2.45) is 0 Å². The van der Waals surface area contributed by atoms with Gasteiger partial charge in [-0.2, -0.15) is 19.9 Å². The first-order chi connectivity index (χ1) is 41.1. The minimum Gasteiger partial charge on any atom is -0.508 e. The van der Waals surface area contributed by atoms with Gasteiger partial charge in [-0.1, -0.05) is 55.3 Å². The molecule has 0 amide bonds. The molecule has 7 aliphatic heterocycles. The van der Waals surface area contributed by atoms with Crippen LogP contribution in [0.3, 0.4) is 0 Å². The fraction of sp³-hybridized carbons (Fsp3) is 0.477. The number of piperazine rings is 2. The summed E-state index contributed by atoms with van der Waals surface area (Å²) in [7, 11) is 0. The number of phenolic OH excluding ortho intramolecular Hbond substituents is 1. The van der Waals surface area contributed by atoms with Gasteiger partial charge in [0.1, 0.15) is 46.4 Å². The van der Waals surface area contributed by atoms with E-state index in [1.54, 1.807) is 48.8 Å². The van der Waals surface area contributed by atoms with E-state index < -0.39 is 28.8 Å². The zero-order chi connectivity index (χ0) is 56.6. The van der Waals surface area contributed by atoms with Gasteiger partial charge in [0.25, 0.3) is 0 Å². The molecule has 3 N–H and O–H groups in total.